The number of hydrogen-bond donors (Lipinski definition) is 1. The third-order valence-corrected chi connectivity index (χ3v) is 5.96. The van der Waals surface area contributed by atoms with Crippen LogP contribution in [0.4, 0.5) is 0 Å². The molecular weight excluding hydrogens is 406 g/mol. The third-order valence-electron chi connectivity index (χ3n) is 4.56. The van der Waals surface area contributed by atoms with Gasteiger partial charge >= 0.3 is 0 Å². The average molecular weight is 425 g/mol. The van der Waals surface area contributed by atoms with E-state index in [1.54, 1.807) is 62.8 Å². The number of hydrogen-bond acceptors (Lipinski definition) is 7. The van der Waals surface area contributed by atoms with E-state index in [1.807, 2.05) is 12.1 Å². The highest BCUT2D eigenvalue weighted by molar-refractivity contribution is 7.89. The predicted octanol–water partition coefficient (Wildman–Crippen LogP) is 3.39. The highest BCUT2D eigenvalue weighted by Gasteiger charge is 2.17. The fourth-order valence-corrected chi connectivity index (χ4v) is 3.93. The highest BCUT2D eigenvalue weighted by Crippen LogP contribution is 2.24. The number of nitrogens with zero attached hydrogens (tertiary/aromatic N) is 2. The van der Waals surface area contributed by atoms with Crippen molar-refractivity contribution in [2.24, 2.45) is 0 Å². The summed E-state index contributed by atoms with van der Waals surface area (Å²) in [6.45, 7) is -0.119. The Labute approximate surface area is 173 Å². The number of nitrogens with one attached hydrogen (secondary N) is 1. The van der Waals surface area contributed by atoms with E-state index < -0.39 is 10.0 Å². The molecule has 0 spiro atoms. The van der Waals surface area contributed by atoms with Crippen LogP contribution in [0.2, 0.25) is 0 Å². The van der Waals surface area contributed by atoms with E-state index >= 15 is 0 Å². The summed E-state index contributed by atoms with van der Waals surface area (Å²) < 4.78 is 43.3. The fourth-order valence-electron chi connectivity index (χ4n) is 2.92. The maximum Gasteiger partial charge on any atom is 0.242 e. The second kappa shape index (κ2) is 8.13. The summed E-state index contributed by atoms with van der Waals surface area (Å²) in [6.07, 6.45) is 0. The van der Waals surface area contributed by atoms with Crippen LogP contribution in [0.15, 0.2) is 70.1 Å². The molecule has 0 aliphatic rings. The first-order valence-electron chi connectivity index (χ1n) is 9.03. The zero-order valence-corrected chi connectivity index (χ0v) is 17.1. The predicted molar refractivity (Wildman–Crippen MR) is 111 cm³/mol. The number of methoxy groups -OCH3 is 2. The number of aromatic nitrogens is 2. The molecule has 4 aromatic rings. The second-order valence-electron chi connectivity index (χ2n) is 6.44. The van der Waals surface area contributed by atoms with Gasteiger partial charge in [0.25, 0.3) is 0 Å². The van der Waals surface area contributed by atoms with Crippen LogP contribution in [0.5, 0.6) is 11.5 Å². The SMILES string of the molecule is COc1ccc(-c2noc(CNS(=O)(=O)c3ccc4cc(OC)ccc4c3)n2)cc1. The van der Waals surface area contributed by atoms with Crippen LogP contribution in [-0.4, -0.2) is 32.8 Å². The molecule has 8 nitrogen and oxygen atoms in total. The van der Waals surface area contributed by atoms with E-state index in [2.05, 4.69) is 14.9 Å². The molecule has 0 fully saturated rings. The molecule has 1 aromatic heterocycles. The van der Waals surface area contributed by atoms with Crippen LogP contribution in [0.25, 0.3) is 22.2 Å². The third kappa shape index (κ3) is 4.12. The normalized spacial score (nSPS) is 11.5. The lowest BCUT2D eigenvalue weighted by atomic mass is 10.1. The number of ether oxygens (including phenoxy) is 2. The van der Waals surface area contributed by atoms with Gasteiger partial charge in [-0.2, -0.15) is 4.98 Å². The summed E-state index contributed by atoms with van der Waals surface area (Å²) in [7, 11) is -0.587. The van der Waals surface area contributed by atoms with Crippen molar-refractivity contribution in [1.82, 2.24) is 14.9 Å². The number of sulfonamides is 1. The summed E-state index contributed by atoms with van der Waals surface area (Å²) in [4.78, 5) is 4.39. The zero-order chi connectivity index (χ0) is 21.1. The van der Waals surface area contributed by atoms with Crippen molar-refractivity contribution in [2.75, 3.05) is 14.2 Å². The van der Waals surface area contributed by atoms with Gasteiger partial charge in [0.2, 0.25) is 21.7 Å². The largest absolute Gasteiger partial charge is 0.497 e. The van der Waals surface area contributed by atoms with Crippen LogP contribution in [0.3, 0.4) is 0 Å². The van der Waals surface area contributed by atoms with E-state index in [0.29, 0.717) is 17.3 Å². The van der Waals surface area contributed by atoms with Crippen LogP contribution < -0.4 is 14.2 Å². The molecule has 0 amide bonds. The van der Waals surface area contributed by atoms with Gasteiger partial charge in [0, 0.05) is 5.56 Å². The van der Waals surface area contributed by atoms with E-state index in [4.69, 9.17) is 14.0 Å². The van der Waals surface area contributed by atoms with E-state index in [0.717, 1.165) is 16.3 Å². The van der Waals surface area contributed by atoms with Crippen LogP contribution in [-0.2, 0) is 16.6 Å². The topological polar surface area (TPSA) is 104 Å². The van der Waals surface area contributed by atoms with Crippen molar-refractivity contribution < 1.29 is 22.4 Å². The van der Waals surface area contributed by atoms with Crippen molar-refractivity contribution in [3.8, 4) is 22.9 Å². The summed E-state index contributed by atoms with van der Waals surface area (Å²) >= 11 is 0. The van der Waals surface area contributed by atoms with Gasteiger partial charge in [-0.15, -0.1) is 0 Å². The smallest absolute Gasteiger partial charge is 0.242 e. The van der Waals surface area contributed by atoms with Crippen molar-refractivity contribution in [1.29, 1.82) is 0 Å². The van der Waals surface area contributed by atoms with Gasteiger partial charge in [-0.25, -0.2) is 13.1 Å². The first-order chi connectivity index (χ1) is 14.5. The molecule has 1 heterocycles. The summed E-state index contributed by atoms with van der Waals surface area (Å²) in [5.41, 5.74) is 0.735. The Balaban J connectivity index is 1.49. The number of benzene rings is 3. The molecule has 30 heavy (non-hydrogen) atoms. The lowest BCUT2D eigenvalue weighted by molar-refractivity contribution is 0.376. The van der Waals surface area contributed by atoms with Gasteiger partial charge < -0.3 is 14.0 Å². The van der Waals surface area contributed by atoms with E-state index in [9.17, 15) is 8.42 Å². The van der Waals surface area contributed by atoms with E-state index in [1.165, 1.54) is 0 Å². The molecule has 0 atom stereocenters. The Morgan fingerprint density at radius 1 is 0.900 bits per heavy atom. The molecule has 0 aliphatic carbocycles. The Morgan fingerprint density at radius 2 is 1.57 bits per heavy atom. The first kappa shape index (κ1) is 19.9. The maximum absolute atomic E-state index is 12.7. The molecule has 0 aliphatic heterocycles. The van der Waals surface area contributed by atoms with Crippen LogP contribution in [0, 0.1) is 0 Å². The molecule has 1 N–H and O–H groups in total. The number of rotatable bonds is 7. The monoisotopic (exact) mass is 425 g/mol. The highest BCUT2D eigenvalue weighted by atomic mass is 32.2. The Hall–Kier alpha value is -3.43. The van der Waals surface area contributed by atoms with Crippen molar-refractivity contribution in [3.05, 3.63) is 66.6 Å². The van der Waals surface area contributed by atoms with Gasteiger partial charge in [0.15, 0.2) is 0 Å². The molecule has 9 heteroatoms. The molecule has 0 radical (unpaired) electrons. The van der Waals surface area contributed by atoms with Gasteiger partial charge in [-0.1, -0.05) is 17.3 Å². The standard InChI is InChI=1S/C21H19N3O5S/c1-27-17-7-3-14(4-8-17)21-23-20(29-24-21)13-22-30(25,26)19-10-6-15-11-18(28-2)9-5-16(15)12-19/h3-12,22H,13H2,1-2H3. The molecule has 154 valence electrons. The molecule has 0 bridgehead atoms. The molecular formula is C21H19N3O5S. The molecule has 0 saturated heterocycles. The lowest BCUT2D eigenvalue weighted by Crippen LogP contribution is -2.23. The maximum atomic E-state index is 12.7. The van der Waals surface area contributed by atoms with Gasteiger partial charge in [0.05, 0.1) is 25.7 Å². The van der Waals surface area contributed by atoms with Gasteiger partial charge in [-0.05, 0) is 59.3 Å². The quantitative estimate of drug-likeness (QED) is 0.484. The van der Waals surface area contributed by atoms with Crippen molar-refractivity contribution >= 4 is 20.8 Å². The second-order valence-corrected chi connectivity index (χ2v) is 8.21. The van der Waals surface area contributed by atoms with Crippen LogP contribution in [0.1, 0.15) is 5.89 Å². The molecule has 3 aromatic carbocycles. The van der Waals surface area contributed by atoms with Crippen molar-refractivity contribution in [2.45, 2.75) is 11.4 Å². The minimum absolute atomic E-state index is 0.119. The summed E-state index contributed by atoms with van der Waals surface area (Å²) in [5.74, 6) is 1.95. The average Bonchev–Trinajstić information content (AvgIpc) is 3.26. The molecule has 0 unspecified atom stereocenters. The first-order valence-corrected chi connectivity index (χ1v) is 10.5. The Kier molecular flexibility index (Phi) is 5.39. The molecule has 0 saturated carbocycles. The molecule has 4 rings (SSSR count). The minimum Gasteiger partial charge on any atom is -0.497 e. The lowest BCUT2D eigenvalue weighted by Gasteiger charge is -2.07. The minimum atomic E-state index is -3.76. The summed E-state index contributed by atoms with van der Waals surface area (Å²) in [5, 5.41) is 5.57. The van der Waals surface area contributed by atoms with Gasteiger partial charge in [0.1, 0.15) is 11.5 Å². The fraction of sp³-hybridized carbons (Fsp3) is 0.143. The Bertz CT molecular complexity index is 1280. The van der Waals surface area contributed by atoms with E-state index in [-0.39, 0.29) is 17.3 Å². The summed E-state index contributed by atoms with van der Waals surface area (Å²) in [6, 6.07) is 17.5. The van der Waals surface area contributed by atoms with Crippen LogP contribution >= 0.6 is 0 Å². The Morgan fingerprint density at radius 3 is 2.30 bits per heavy atom. The zero-order valence-electron chi connectivity index (χ0n) is 16.3. The van der Waals surface area contributed by atoms with Crippen molar-refractivity contribution in [3.63, 3.8) is 0 Å². The number of fused-ring (bicyclic) bond motifs is 1. The van der Waals surface area contributed by atoms with Gasteiger partial charge in [-0.3, -0.25) is 0 Å².